The number of ether oxygens (including phenoxy) is 1. The largest absolute Gasteiger partial charge is 0.494 e. The van der Waals surface area contributed by atoms with Crippen molar-refractivity contribution < 1.29 is 17.9 Å². The smallest absolute Gasteiger partial charge is 0.264 e. The normalized spacial score (nSPS) is 11.1. The molecule has 1 amide bonds. The molecule has 0 spiro atoms. The Morgan fingerprint density at radius 1 is 0.703 bits per heavy atom. The molecule has 0 bridgehead atoms. The third-order valence-corrected chi connectivity index (χ3v) is 7.62. The standard InChI is InChI=1S/C30H30N2O4S/c1-2-36-28-18-20-29(21-19-28)37(34,35)32(27-16-10-5-11-17-27)24-30(33)31(22-25-12-6-3-7-13-25)23-26-14-8-4-9-15-26/h3-21H,2,22-24H2,1H3. The molecule has 0 atom stereocenters. The van der Waals surface area contributed by atoms with E-state index >= 15 is 0 Å². The van der Waals surface area contributed by atoms with E-state index in [9.17, 15) is 13.2 Å². The van der Waals surface area contributed by atoms with Gasteiger partial charge in [-0.25, -0.2) is 8.42 Å². The summed E-state index contributed by atoms with van der Waals surface area (Å²) in [5.41, 5.74) is 2.35. The van der Waals surface area contributed by atoms with Crippen molar-refractivity contribution in [2.24, 2.45) is 0 Å². The van der Waals surface area contributed by atoms with Crippen LogP contribution in [-0.2, 0) is 27.9 Å². The van der Waals surface area contributed by atoms with Crippen LogP contribution in [0, 0.1) is 0 Å². The molecule has 190 valence electrons. The molecule has 0 radical (unpaired) electrons. The molecule has 0 saturated carbocycles. The van der Waals surface area contributed by atoms with E-state index < -0.39 is 10.0 Å². The zero-order valence-electron chi connectivity index (χ0n) is 20.7. The lowest BCUT2D eigenvalue weighted by molar-refractivity contribution is -0.130. The maximum absolute atomic E-state index is 13.8. The summed E-state index contributed by atoms with van der Waals surface area (Å²) in [7, 11) is -4.03. The van der Waals surface area contributed by atoms with E-state index in [0.717, 1.165) is 11.1 Å². The number of amides is 1. The van der Waals surface area contributed by atoms with E-state index in [2.05, 4.69) is 0 Å². The van der Waals surface area contributed by atoms with Gasteiger partial charge in [-0.2, -0.15) is 0 Å². The predicted molar refractivity (Wildman–Crippen MR) is 146 cm³/mol. The van der Waals surface area contributed by atoms with Crippen LogP contribution >= 0.6 is 0 Å². The van der Waals surface area contributed by atoms with Gasteiger partial charge >= 0.3 is 0 Å². The first-order chi connectivity index (χ1) is 18.0. The lowest BCUT2D eigenvalue weighted by atomic mass is 10.1. The summed E-state index contributed by atoms with van der Waals surface area (Å²) in [6, 6.07) is 34.3. The molecule has 4 aromatic rings. The predicted octanol–water partition coefficient (Wildman–Crippen LogP) is 5.51. The fourth-order valence-corrected chi connectivity index (χ4v) is 5.39. The quantitative estimate of drug-likeness (QED) is 0.265. The fourth-order valence-electron chi connectivity index (χ4n) is 3.97. The maximum atomic E-state index is 13.8. The van der Waals surface area contributed by atoms with E-state index in [1.807, 2.05) is 73.7 Å². The Bertz CT molecular complexity index is 1340. The average Bonchev–Trinajstić information content (AvgIpc) is 2.93. The third kappa shape index (κ3) is 6.77. The molecule has 0 aliphatic carbocycles. The zero-order chi connectivity index (χ0) is 26.1. The Labute approximate surface area is 218 Å². The molecule has 6 nitrogen and oxygen atoms in total. The van der Waals surface area contributed by atoms with E-state index in [1.54, 1.807) is 41.3 Å². The van der Waals surface area contributed by atoms with Gasteiger partial charge in [0.1, 0.15) is 12.3 Å². The Morgan fingerprint density at radius 3 is 1.68 bits per heavy atom. The molecule has 0 saturated heterocycles. The topological polar surface area (TPSA) is 66.9 Å². The molecule has 0 unspecified atom stereocenters. The molecule has 0 fully saturated rings. The molecule has 0 aliphatic heterocycles. The molecular weight excluding hydrogens is 484 g/mol. The van der Waals surface area contributed by atoms with Crippen molar-refractivity contribution >= 4 is 21.6 Å². The van der Waals surface area contributed by atoms with Crippen LogP contribution in [0.15, 0.2) is 120 Å². The minimum atomic E-state index is -4.03. The van der Waals surface area contributed by atoms with Crippen LogP contribution in [-0.4, -0.2) is 32.4 Å². The molecule has 4 aromatic carbocycles. The van der Waals surface area contributed by atoms with Gasteiger partial charge in [0.15, 0.2) is 0 Å². The highest BCUT2D eigenvalue weighted by atomic mass is 32.2. The first-order valence-electron chi connectivity index (χ1n) is 12.1. The van der Waals surface area contributed by atoms with Crippen LogP contribution in [0.4, 0.5) is 5.69 Å². The van der Waals surface area contributed by atoms with Crippen molar-refractivity contribution in [3.63, 3.8) is 0 Å². The van der Waals surface area contributed by atoms with Gasteiger partial charge in [0.05, 0.1) is 17.2 Å². The summed E-state index contributed by atoms with van der Waals surface area (Å²) >= 11 is 0. The molecular formula is C30H30N2O4S. The number of sulfonamides is 1. The van der Waals surface area contributed by atoms with Gasteiger partial charge in [-0.1, -0.05) is 78.9 Å². The van der Waals surface area contributed by atoms with Crippen LogP contribution < -0.4 is 9.04 Å². The van der Waals surface area contributed by atoms with Crippen LogP contribution in [0.25, 0.3) is 0 Å². The molecule has 7 heteroatoms. The van der Waals surface area contributed by atoms with Crippen LogP contribution in [0.3, 0.4) is 0 Å². The van der Waals surface area contributed by atoms with E-state index in [0.29, 0.717) is 31.1 Å². The number of carbonyl (C=O) groups is 1. The van der Waals surface area contributed by atoms with Gasteiger partial charge in [-0.05, 0) is 54.4 Å². The van der Waals surface area contributed by atoms with Crippen LogP contribution in [0.2, 0.25) is 0 Å². The summed E-state index contributed by atoms with van der Waals surface area (Å²) in [4.78, 5) is 15.5. The molecule has 0 heterocycles. The van der Waals surface area contributed by atoms with Gasteiger partial charge in [0.25, 0.3) is 10.0 Å². The van der Waals surface area contributed by atoms with E-state index in [1.165, 1.54) is 16.4 Å². The average molecular weight is 515 g/mol. The Hall–Kier alpha value is -4.10. The van der Waals surface area contributed by atoms with Crippen LogP contribution in [0.1, 0.15) is 18.1 Å². The number of anilines is 1. The lowest BCUT2D eigenvalue weighted by Crippen LogP contribution is -2.42. The second kappa shape index (κ2) is 12.2. The van der Waals surface area contributed by atoms with E-state index in [-0.39, 0.29) is 17.3 Å². The Balaban J connectivity index is 1.66. The summed E-state index contributed by atoms with van der Waals surface area (Å²) in [6.07, 6.45) is 0. The first-order valence-corrected chi connectivity index (χ1v) is 13.6. The highest BCUT2D eigenvalue weighted by Gasteiger charge is 2.29. The summed E-state index contributed by atoms with van der Waals surface area (Å²) in [5.74, 6) is 0.284. The van der Waals surface area contributed by atoms with Gasteiger partial charge < -0.3 is 9.64 Å². The molecule has 0 N–H and O–H groups in total. The maximum Gasteiger partial charge on any atom is 0.264 e. The lowest BCUT2D eigenvalue weighted by Gasteiger charge is -2.29. The number of hydrogen-bond donors (Lipinski definition) is 0. The number of para-hydroxylation sites is 1. The monoisotopic (exact) mass is 514 g/mol. The van der Waals surface area contributed by atoms with Crippen LogP contribution in [0.5, 0.6) is 5.75 Å². The highest BCUT2D eigenvalue weighted by molar-refractivity contribution is 7.92. The van der Waals surface area contributed by atoms with Gasteiger partial charge in [-0.15, -0.1) is 0 Å². The zero-order valence-corrected chi connectivity index (χ0v) is 21.6. The number of nitrogens with zero attached hydrogens (tertiary/aromatic N) is 2. The minimum Gasteiger partial charge on any atom is -0.494 e. The minimum absolute atomic E-state index is 0.0882. The number of benzene rings is 4. The summed E-state index contributed by atoms with van der Waals surface area (Å²) in [5, 5.41) is 0. The number of carbonyl (C=O) groups excluding carboxylic acids is 1. The Kier molecular flexibility index (Phi) is 8.59. The molecule has 37 heavy (non-hydrogen) atoms. The fraction of sp³-hybridized carbons (Fsp3) is 0.167. The second-order valence-electron chi connectivity index (χ2n) is 8.47. The number of rotatable bonds is 11. The SMILES string of the molecule is CCOc1ccc(S(=O)(=O)N(CC(=O)N(Cc2ccccc2)Cc2ccccc2)c2ccccc2)cc1. The molecule has 0 aliphatic rings. The second-order valence-corrected chi connectivity index (χ2v) is 10.3. The van der Waals surface area contributed by atoms with Crippen molar-refractivity contribution in [1.82, 2.24) is 4.90 Å². The van der Waals surface area contributed by atoms with Crippen molar-refractivity contribution in [1.29, 1.82) is 0 Å². The first kappa shape index (κ1) is 26.0. The van der Waals surface area contributed by atoms with Gasteiger partial charge in [0, 0.05) is 13.1 Å². The number of hydrogen-bond acceptors (Lipinski definition) is 4. The van der Waals surface area contributed by atoms with E-state index in [4.69, 9.17) is 4.74 Å². The highest BCUT2D eigenvalue weighted by Crippen LogP contribution is 2.26. The van der Waals surface area contributed by atoms with Crippen molar-refractivity contribution in [3.05, 3.63) is 126 Å². The Morgan fingerprint density at radius 2 is 1.19 bits per heavy atom. The van der Waals surface area contributed by atoms with Crippen molar-refractivity contribution in [2.45, 2.75) is 24.9 Å². The van der Waals surface area contributed by atoms with Gasteiger partial charge in [0.2, 0.25) is 5.91 Å². The molecule has 4 rings (SSSR count). The van der Waals surface area contributed by atoms with Crippen molar-refractivity contribution in [2.75, 3.05) is 17.5 Å². The summed E-state index contributed by atoms with van der Waals surface area (Å²) < 4.78 is 34.2. The van der Waals surface area contributed by atoms with Gasteiger partial charge in [-0.3, -0.25) is 9.10 Å². The third-order valence-electron chi connectivity index (χ3n) is 5.83. The summed E-state index contributed by atoms with van der Waals surface area (Å²) in [6.45, 7) is 2.74. The van der Waals surface area contributed by atoms with Crippen molar-refractivity contribution in [3.8, 4) is 5.75 Å². The molecule has 0 aromatic heterocycles.